The van der Waals surface area contributed by atoms with Crippen LogP contribution in [0.5, 0.6) is 11.5 Å². The SMILES string of the molecule is COc1cc(CF)cc(C(N)CCC(=O)O)c1OC. The molecule has 0 aliphatic carbocycles. The zero-order chi connectivity index (χ0) is 14.4. The Morgan fingerprint density at radius 1 is 1.42 bits per heavy atom. The van der Waals surface area contributed by atoms with E-state index in [1.54, 1.807) is 6.07 Å². The molecule has 0 aromatic heterocycles. The highest BCUT2D eigenvalue weighted by Gasteiger charge is 2.18. The fraction of sp³-hybridized carbons (Fsp3) is 0.462. The van der Waals surface area contributed by atoms with Gasteiger partial charge in [-0.2, -0.15) is 0 Å². The first kappa shape index (κ1) is 15.2. The zero-order valence-electron chi connectivity index (χ0n) is 11.0. The van der Waals surface area contributed by atoms with Crippen LogP contribution in [0.25, 0.3) is 0 Å². The van der Waals surface area contributed by atoms with Crippen molar-refractivity contribution in [1.82, 2.24) is 0 Å². The molecule has 1 rings (SSSR count). The number of carbonyl (C=O) groups is 1. The van der Waals surface area contributed by atoms with E-state index in [9.17, 15) is 9.18 Å². The van der Waals surface area contributed by atoms with Crippen molar-refractivity contribution in [2.45, 2.75) is 25.6 Å². The number of alkyl halides is 1. The highest BCUT2D eigenvalue weighted by molar-refractivity contribution is 5.66. The Balaban J connectivity index is 3.11. The molecule has 0 heterocycles. The molecular weight excluding hydrogens is 253 g/mol. The van der Waals surface area contributed by atoms with E-state index in [4.69, 9.17) is 20.3 Å². The summed E-state index contributed by atoms with van der Waals surface area (Å²) in [5, 5.41) is 8.67. The predicted octanol–water partition coefficient (Wildman–Crippen LogP) is 2.04. The number of nitrogens with two attached hydrogens (primary N) is 1. The van der Waals surface area contributed by atoms with Crippen molar-refractivity contribution in [3.8, 4) is 11.5 Å². The van der Waals surface area contributed by atoms with Crippen LogP contribution >= 0.6 is 0 Å². The molecule has 0 radical (unpaired) electrons. The summed E-state index contributed by atoms with van der Waals surface area (Å²) < 4.78 is 23.2. The van der Waals surface area contributed by atoms with Gasteiger partial charge in [0.25, 0.3) is 0 Å². The van der Waals surface area contributed by atoms with Crippen LogP contribution in [0.1, 0.15) is 30.0 Å². The van der Waals surface area contributed by atoms with Crippen LogP contribution in [-0.4, -0.2) is 25.3 Å². The van der Waals surface area contributed by atoms with Gasteiger partial charge in [-0.15, -0.1) is 0 Å². The Labute approximate surface area is 111 Å². The average molecular weight is 271 g/mol. The second-order valence-electron chi connectivity index (χ2n) is 4.09. The number of aliphatic carboxylic acids is 1. The molecule has 0 saturated heterocycles. The average Bonchev–Trinajstić information content (AvgIpc) is 2.42. The van der Waals surface area contributed by atoms with Gasteiger partial charge in [0.15, 0.2) is 11.5 Å². The number of rotatable bonds is 7. The van der Waals surface area contributed by atoms with E-state index in [1.165, 1.54) is 20.3 Å². The third kappa shape index (κ3) is 3.82. The number of ether oxygens (including phenoxy) is 2. The van der Waals surface area contributed by atoms with Crippen molar-refractivity contribution in [3.05, 3.63) is 23.3 Å². The minimum atomic E-state index is -0.928. The van der Waals surface area contributed by atoms with Gasteiger partial charge in [0, 0.05) is 18.0 Å². The van der Waals surface area contributed by atoms with E-state index in [1.807, 2.05) is 0 Å². The molecule has 3 N–H and O–H groups in total. The van der Waals surface area contributed by atoms with Crippen LogP contribution < -0.4 is 15.2 Å². The Morgan fingerprint density at radius 2 is 2.11 bits per heavy atom. The molecule has 0 aliphatic heterocycles. The fourth-order valence-electron chi connectivity index (χ4n) is 1.84. The van der Waals surface area contributed by atoms with Gasteiger partial charge in [-0.05, 0) is 24.1 Å². The standard InChI is InChI=1S/C13H18FNO4/c1-18-11-6-8(7-14)5-9(13(11)19-2)10(15)3-4-12(16)17/h5-6,10H,3-4,7,15H2,1-2H3,(H,16,17). The van der Waals surface area contributed by atoms with Crippen LogP contribution in [0.15, 0.2) is 12.1 Å². The van der Waals surface area contributed by atoms with Gasteiger partial charge in [0.1, 0.15) is 6.67 Å². The Bertz CT molecular complexity index is 451. The summed E-state index contributed by atoms with van der Waals surface area (Å²) in [6, 6.07) is 2.56. The summed E-state index contributed by atoms with van der Waals surface area (Å²) in [4.78, 5) is 10.6. The van der Waals surface area contributed by atoms with E-state index >= 15 is 0 Å². The quantitative estimate of drug-likeness (QED) is 0.793. The van der Waals surface area contributed by atoms with Gasteiger partial charge < -0.3 is 20.3 Å². The fourth-order valence-corrected chi connectivity index (χ4v) is 1.84. The number of carboxylic acid groups (broad SMARTS) is 1. The van der Waals surface area contributed by atoms with Crippen molar-refractivity contribution in [1.29, 1.82) is 0 Å². The molecule has 1 aromatic carbocycles. The first-order valence-electron chi connectivity index (χ1n) is 5.81. The molecule has 5 nitrogen and oxygen atoms in total. The lowest BCUT2D eigenvalue weighted by Gasteiger charge is -2.18. The number of hydrogen-bond donors (Lipinski definition) is 2. The van der Waals surface area contributed by atoms with Crippen molar-refractivity contribution in [3.63, 3.8) is 0 Å². The van der Waals surface area contributed by atoms with Crippen LogP contribution in [0.3, 0.4) is 0 Å². The van der Waals surface area contributed by atoms with Crippen molar-refractivity contribution in [2.75, 3.05) is 14.2 Å². The number of methoxy groups -OCH3 is 2. The van der Waals surface area contributed by atoms with Gasteiger partial charge in [-0.25, -0.2) is 4.39 Å². The van der Waals surface area contributed by atoms with Gasteiger partial charge in [0.05, 0.1) is 14.2 Å². The smallest absolute Gasteiger partial charge is 0.303 e. The number of carboxylic acids is 1. The largest absolute Gasteiger partial charge is 0.493 e. The molecule has 106 valence electrons. The highest BCUT2D eigenvalue weighted by atomic mass is 19.1. The molecule has 0 saturated carbocycles. The summed E-state index contributed by atoms with van der Waals surface area (Å²) in [5.41, 5.74) is 6.91. The maximum absolute atomic E-state index is 12.8. The van der Waals surface area contributed by atoms with Crippen LogP contribution in [0.2, 0.25) is 0 Å². The molecule has 0 amide bonds. The van der Waals surface area contributed by atoms with Gasteiger partial charge >= 0.3 is 5.97 Å². The summed E-state index contributed by atoms with van der Waals surface area (Å²) in [7, 11) is 2.91. The predicted molar refractivity (Wildman–Crippen MR) is 68.2 cm³/mol. The number of benzene rings is 1. The molecule has 0 fully saturated rings. The van der Waals surface area contributed by atoms with E-state index < -0.39 is 18.7 Å². The topological polar surface area (TPSA) is 81.8 Å². The lowest BCUT2D eigenvalue weighted by atomic mass is 9.99. The van der Waals surface area contributed by atoms with Crippen LogP contribution in [-0.2, 0) is 11.5 Å². The van der Waals surface area contributed by atoms with E-state index in [0.29, 0.717) is 22.6 Å². The van der Waals surface area contributed by atoms with E-state index in [-0.39, 0.29) is 12.8 Å². The first-order valence-corrected chi connectivity index (χ1v) is 5.81. The molecule has 6 heteroatoms. The van der Waals surface area contributed by atoms with E-state index in [0.717, 1.165) is 0 Å². The molecule has 19 heavy (non-hydrogen) atoms. The lowest BCUT2D eigenvalue weighted by molar-refractivity contribution is -0.137. The molecular formula is C13H18FNO4. The second-order valence-corrected chi connectivity index (χ2v) is 4.09. The van der Waals surface area contributed by atoms with Crippen molar-refractivity contribution >= 4 is 5.97 Å². The number of halogens is 1. The third-order valence-electron chi connectivity index (χ3n) is 2.79. The van der Waals surface area contributed by atoms with Crippen LogP contribution in [0, 0.1) is 0 Å². The zero-order valence-corrected chi connectivity index (χ0v) is 11.0. The maximum atomic E-state index is 12.8. The lowest BCUT2D eigenvalue weighted by Crippen LogP contribution is -2.14. The third-order valence-corrected chi connectivity index (χ3v) is 2.79. The first-order chi connectivity index (χ1) is 9.03. The number of hydrogen-bond acceptors (Lipinski definition) is 4. The molecule has 1 unspecified atom stereocenters. The monoisotopic (exact) mass is 271 g/mol. The van der Waals surface area contributed by atoms with E-state index in [2.05, 4.69) is 0 Å². The Kier molecular flexibility index (Phi) is 5.57. The second kappa shape index (κ2) is 6.94. The summed E-state index contributed by atoms with van der Waals surface area (Å²) in [6.07, 6.45) is 0.178. The summed E-state index contributed by atoms with van der Waals surface area (Å²) in [5.74, 6) is -0.126. The molecule has 0 bridgehead atoms. The molecule has 1 aromatic rings. The normalized spacial score (nSPS) is 12.0. The minimum absolute atomic E-state index is 0.0630. The Hall–Kier alpha value is -1.82. The van der Waals surface area contributed by atoms with Crippen molar-refractivity contribution in [2.24, 2.45) is 5.73 Å². The van der Waals surface area contributed by atoms with Gasteiger partial charge in [0.2, 0.25) is 0 Å². The van der Waals surface area contributed by atoms with Crippen molar-refractivity contribution < 1.29 is 23.8 Å². The molecule has 0 aliphatic rings. The molecule has 0 spiro atoms. The summed E-state index contributed by atoms with van der Waals surface area (Å²) >= 11 is 0. The van der Waals surface area contributed by atoms with Crippen LogP contribution in [0.4, 0.5) is 4.39 Å². The van der Waals surface area contributed by atoms with Gasteiger partial charge in [-0.3, -0.25) is 4.79 Å². The molecule has 1 atom stereocenters. The summed E-state index contributed by atoms with van der Waals surface area (Å²) in [6.45, 7) is -0.654. The van der Waals surface area contributed by atoms with Gasteiger partial charge in [-0.1, -0.05) is 0 Å². The highest BCUT2D eigenvalue weighted by Crippen LogP contribution is 2.37. The Morgan fingerprint density at radius 3 is 2.58 bits per heavy atom. The minimum Gasteiger partial charge on any atom is -0.493 e. The maximum Gasteiger partial charge on any atom is 0.303 e.